The molecule has 5 rings (SSSR count). The normalized spacial score (nSPS) is 17.7. The third-order valence-electron chi connectivity index (χ3n) is 4.67. The number of amides is 1. The van der Waals surface area contributed by atoms with E-state index >= 15 is 0 Å². The summed E-state index contributed by atoms with van der Waals surface area (Å²) in [5.74, 6) is 1.96. The predicted octanol–water partition coefficient (Wildman–Crippen LogP) is 3.73. The molecule has 3 heterocycles. The predicted molar refractivity (Wildman–Crippen MR) is 96.2 cm³/mol. The molecule has 7 heteroatoms. The van der Waals surface area contributed by atoms with Crippen molar-refractivity contribution in [3.8, 4) is 17.2 Å². The van der Waals surface area contributed by atoms with Crippen LogP contribution in [0.2, 0.25) is 5.02 Å². The van der Waals surface area contributed by atoms with E-state index in [1.54, 1.807) is 16.9 Å². The van der Waals surface area contributed by atoms with E-state index in [4.69, 9.17) is 21.1 Å². The topological polar surface area (TPSA) is 65.4 Å². The van der Waals surface area contributed by atoms with Gasteiger partial charge in [-0.1, -0.05) is 23.7 Å². The van der Waals surface area contributed by atoms with Crippen molar-refractivity contribution in [3.05, 3.63) is 64.8 Å². The summed E-state index contributed by atoms with van der Waals surface area (Å²) < 4.78 is 12.6. The molecule has 0 fully saturated rings. The standard InChI is InChI=1S/C19H14ClN3O3/c20-12-2-1-3-13(7-12)23-19-15(9-21-23)14(8-18(24)22-19)11-4-5-16-17(6-11)26-10-25-16/h1-7,9,14H,8,10H2,(H,22,24)/t14-/m0/s1. The van der Waals surface area contributed by atoms with Gasteiger partial charge < -0.3 is 14.8 Å². The molecule has 6 nitrogen and oxygen atoms in total. The second-order valence-corrected chi connectivity index (χ2v) is 6.69. The molecule has 1 N–H and O–H groups in total. The average Bonchev–Trinajstić information content (AvgIpc) is 3.27. The van der Waals surface area contributed by atoms with Crippen molar-refractivity contribution in [2.24, 2.45) is 0 Å². The summed E-state index contributed by atoms with van der Waals surface area (Å²) in [7, 11) is 0. The van der Waals surface area contributed by atoms with Crippen LogP contribution in [-0.4, -0.2) is 22.5 Å². The number of fused-ring (bicyclic) bond motifs is 2. The second-order valence-electron chi connectivity index (χ2n) is 6.26. The number of halogens is 1. The van der Waals surface area contributed by atoms with Gasteiger partial charge in [0.25, 0.3) is 0 Å². The lowest BCUT2D eigenvalue weighted by atomic mass is 9.87. The van der Waals surface area contributed by atoms with E-state index in [2.05, 4.69) is 10.4 Å². The molecule has 0 spiro atoms. The molecular formula is C19H14ClN3O3. The summed E-state index contributed by atoms with van der Waals surface area (Å²) in [6, 6.07) is 13.1. The largest absolute Gasteiger partial charge is 0.454 e. The Morgan fingerprint density at radius 2 is 2.04 bits per heavy atom. The SMILES string of the molecule is O=C1C[C@@H](c2ccc3c(c2)OCO3)c2cnn(-c3cccc(Cl)c3)c2N1. The Bertz CT molecular complexity index is 1030. The van der Waals surface area contributed by atoms with Crippen LogP contribution < -0.4 is 14.8 Å². The first-order valence-electron chi connectivity index (χ1n) is 8.22. The highest BCUT2D eigenvalue weighted by Crippen LogP contribution is 2.41. The maximum Gasteiger partial charge on any atom is 0.231 e. The monoisotopic (exact) mass is 367 g/mol. The lowest BCUT2D eigenvalue weighted by Crippen LogP contribution is -2.24. The molecule has 0 radical (unpaired) electrons. The van der Waals surface area contributed by atoms with Crippen molar-refractivity contribution in [1.82, 2.24) is 9.78 Å². The molecule has 0 bridgehead atoms. The molecule has 1 atom stereocenters. The Hall–Kier alpha value is -2.99. The summed E-state index contributed by atoms with van der Waals surface area (Å²) in [5, 5.41) is 8.03. The number of anilines is 1. The number of benzene rings is 2. The fourth-order valence-corrected chi connectivity index (χ4v) is 3.64. The second kappa shape index (κ2) is 5.78. The number of hydrogen-bond donors (Lipinski definition) is 1. The van der Waals surface area contributed by atoms with Gasteiger partial charge in [0.05, 0.1) is 11.9 Å². The fraction of sp³-hybridized carbons (Fsp3) is 0.158. The van der Waals surface area contributed by atoms with E-state index in [1.807, 2.05) is 36.4 Å². The quantitative estimate of drug-likeness (QED) is 0.749. The Morgan fingerprint density at radius 3 is 2.92 bits per heavy atom. The molecule has 2 aliphatic rings. The van der Waals surface area contributed by atoms with Crippen LogP contribution in [0, 0.1) is 0 Å². The average molecular weight is 368 g/mol. The fourth-order valence-electron chi connectivity index (χ4n) is 3.45. The maximum atomic E-state index is 12.4. The van der Waals surface area contributed by atoms with E-state index in [1.165, 1.54) is 0 Å². The highest BCUT2D eigenvalue weighted by molar-refractivity contribution is 6.30. The van der Waals surface area contributed by atoms with Gasteiger partial charge >= 0.3 is 0 Å². The minimum Gasteiger partial charge on any atom is -0.454 e. The number of rotatable bonds is 2. The zero-order valence-corrected chi connectivity index (χ0v) is 14.4. The number of ether oxygens (including phenoxy) is 2. The summed E-state index contributed by atoms with van der Waals surface area (Å²) in [6.45, 7) is 0.224. The van der Waals surface area contributed by atoms with Crippen LogP contribution in [0.25, 0.3) is 5.69 Å². The van der Waals surface area contributed by atoms with Crippen LogP contribution in [0.5, 0.6) is 11.5 Å². The molecule has 2 aliphatic heterocycles. The summed E-state index contributed by atoms with van der Waals surface area (Å²) >= 11 is 6.10. The minimum absolute atomic E-state index is 0.0519. The van der Waals surface area contributed by atoms with Gasteiger partial charge in [-0.05, 0) is 35.9 Å². The zero-order chi connectivity index (χ0) is 17.7. The minimum atomic E-state index is -0.0961. The lowest BCUT2D eigenvalue weighted by Gasteiger charge is -2.24. The molecule has 3 aromatic rings. The number of nitrogens with zero attached hydrogens (tertiary/aromatic N) is 2. The first-order valence-corrected chi connectivity index (χ1v) is 8.60. The van der Waals surface area contributed by atoms with Crippen molar-refractivity contribution >= 4 is 23.3 Å². The molecule has 0 saturated heterocycles. The van der Waals surface area contributed by atoms with Crippen molar-refractivity contribution in [3.63, 3.8) is 0 Å². The molecular weight excluding hydrogens is 354 g/mol. The van der Waals surface area contributed by atoms with Gasteiger partial charge in [0, 0.05) is 22.9 Å². The van der Waals surface area contributed by atoms with Crippen LogP contribution in [0.15, 0.2) is 48.7 Å². The molecule has 26 heavy (non-hydrogen) atoms. The molecule has 0 unspecified atom stereocenters. The van der Waals surface area contributed by atoms with Gasteiger partial charge in [-0.15, -0.1) is 0 Å². The summed E-state index contributed by atoms with van der Waals surface area (Å²) in [4.78, 5) is 12.4. The van der Waals surface area contributed by atoms with Gasteiger partial charge in [0.15, 0.2) is 11.5 Å². The van der Waals surface area contributed by atoms with Crippen molar-refractivity contribution < 1.29 is 14.3 Å². The van der Waals surface area contributed by atoms with Crippen LogP contribution in [0.3, 0.4) is 0 Å². The molecule has 0 aliphatic carbocycles. The molecule has 1 amide bonds. The zero-order valence-electron chi connectivity index (χ0n) is 13.6. The molecule has 130 valence electrons. The number of carbonyl (C=O) groups excluding carboxylic acids is 1. The van der Waals surface area contributed by atoms with Gasteiger partial charge in [-0.2, -0.15) is 5.10 Å². The Morgan fingerprint density at radius 1 is 1.15 bits per heavy atom. The van der Waals surface area contributed by atoms with E-state index in [-0.39, 0.29) is 18.6 Å². The van der Waals surface area contributed by atoms with Crippen molar-refractivity contribution in [2.75, 3.05) is 12.1 Å². The van der Waals surface area contributed by atoms with Crippen LogP contribution >= 0.6 is 11.6 Å². The first-order chi connectivity index (χ1) is 12.7. The smallest absolute Gasteiger partial charge is 0.231 e. The lowest BCUT2D eigenvalue weighted by molar-refractivity contribution is -0.116. The third kappa shape index (κ3) is 2.42. The van der Waals surface area contributed by atoms with Crippen LogP contribution in [-0.2, 0) is 4.79 Å². The first kappa shape index (κ1) is 15.3. The van der Waals surface area contributed by atoms with E-state index in [9.17, 15) is 4.79 Å². The number of hydrogen-bond acceptors (Lipinski definition) is 4. The number of aromatic nitrogens is 2. The van der Waals surface area contributed by atoms with E-state index < -0.39 is 0 Å². The molecule has 0 saturated carbocycles. The van der Waals surface area contributed by atoms with E-state index in [0.717, 1.165) is 22.6 Å². The Kier molecular flexibility index (Phi) is 3.39. The van der Waals surface area contributed by atoms with E-state index in [0.29, 0.717) is 23.0 Å². The van der Waals surface area contributed by atoms with Gasteiger partial charge in [0.1, 0.15) is 5.82 Å². The third-order valence-corrected chi connectivity index (χ3v) is 4.91. The summed E-state index contributed by atoms with van der Waals surface area (Å²) in [5.41, 5.74) is 2.75. The molecule has 1 aromatic heterocycles. The summed E-state index contributed by atoms with van der Waals surface area (Å²) in [6.07, 6.45) is 2.15. The van der Waals surface area contributed by atoms with Crippen molar-refractivity contribution in [2.45, 2.75) is 12.3 Å². The highest BCUT2D eigenvalue weighted by Gasteiger charge is 2.31. The van der Waals surface area contributed by atoms with Crippen LogP contribution in [0.4, 0.5) is 5.82 Å². The van der Waals surface area contributed by atoms with Gasteiger partial charge in [0.2, 0.25) is 12.7 Å². The molecule has 2 aromatic carbocycles. The Balaban J connectivity index is 1.60. The van der Waals surface area contributed by atoms with Crippen LogP contribution in [0.1, 0.15) is 23.5 Å². The Labute approximate surface area is 154 Å². The van der Waals surface area contributed by atoms with Crippen molar-refractivity contribution in [1.29, 1.82) is 0 Å². The van der Waals surface area contributed by atoms with Gasteiger partial charge in [-0.3, -0.25) is 4.79 Å². The highest BCUT2D eigenvalue weighted by atomic mass is 35.5. The number of carbonyl (C=O) groups is 1. The van der Waals surface area contributed by atoms with Gasteiger partial charge in [-0.25, -0.2) is 4.68 Å². The number of nitrogens with one attached hydrogen (secondary N) is 1. The maximum absolute atomic E-state index is 12.4.